The molecule has 1 aliphatic heterocycles. The minimum Gasteiger partial charge on any atom is -0.480 e. The first-order chi connectivity index (χ1) is 12.9. The van der Waals surface area contributed by atoms with Crippen molar-refractivity contribution in [3.05, 3.63) is 29.8 Å². The Bertz CT molecular complexity index is 825. The lowest BCUT2D eigenvalue weighted by atomic mass is 9.48. The first kappa shape index (κ1) is 17.7. The van der Waals surface area contributed by atoms with E-state index in [0.717, 1.165) is 22.1 Å². The van der Waals surface area contributed by atoms with E-state index in [1.807, 2.05) is 12.1 Å². The molecule has 0 unspecified atom stereocenters. The van der Waals surface area contributed by atoms with Gasteiger partial charge in [-0.25, -0.2) is 8.42 Å². The molecule has 6 heteroatoms. The largest absolute Gasteiger partial charge is 0.480 e. The number of aliphatic carboxylic acids is 1. The van der Waals surface area contributed by atoms with Gasteiger partial charge in [-0.05, 0) is 92.2 Å². The van der Waals surface area contributed by atoms with E-state index in [1.54, 1.807) is 12.1 Å². The van der Waals surface area contributed by atoms with Crippen LogP contribution in [-0.4, -0.2) is 36.4 Å². The Balaban J connectivity index is 1.43. The number of benzene rings is 1. The monoisotopic (exact) mass is 389 g/mol. The van der Waals surface area contributed by atoms with Crippen molar-refractivity contribution < 1.29 is 18.3 Å². The maximum atomic E-state index is 13.0. The standard InChI is InChI=1S/C21H27NO4S/c23-20(24)19-2-1-7-22(19)27(25,26)18-5-3-17(4-6-18)21-11-14-8-15(12-21)10-16(9-14)13-21/h3-6,14-16,19H,1-2,7-13H2,(H,23,24)/t14?,15?,16?,19-,21?/m0/s1. The number of sulfonamides is 1. The Kier molecular flexibility index (Phi) is 3.96. The maximum absolute atomic E-state index is 13.0. The van der Waals surface area contributed by atoms with E-state index in [2.05, 4.69) is 0 Å². The van der Waals surface area contributed by atoms with Gasteiger partial charge in [0, 0.05) is 6.54 Å². The maximum Gasteiger partial charge on any atom is 0.322 e. The van der Waals surface area contributed by atoms with E-state index in [9.17, 15) is 18.3 Å². The van der Waals surface area contributed by atoms with Crippen LogP contribution in [0, 0.1) is 17.8 Å². The van der Waals surface area contributed by atoms with Gasteiger partial charge in [0.25, 0.3) is 0 Å². The average molecular weight is 390 g/mol. The molecule has 1 N–H and O–H groups in total. The third-order valence-electron chi connectivity index (χ3n) is 7.60. The lowest BCUT2D eigenvalue weighted by molar-refractivity contribution is -0.140. The Labute approximate surface area is 160 Å². The highest BCUT2D eigenvalue weighted by Crippen LogP contribution is 2.60. The molecule has 1 atom stereocenters. The topological polar surface area (TPSA) is 74.7 Å². The zero-order valence-corrected chi connectivity index (χ0v) is 16.3. The second kappa shape index (κ2) is 6.05. The molecule has 1 aromatic carbocycles. The lowest BCUT2D eigenvalue weighted by Crippen LogP contribution is -2.48. The quantitative estimate of drug-likeness (QED) is 0.856. The molecule has 1 aromatic rings. The Morgan fingerprint density at radius 3 is 2.07 bits per heavy atom. The summed E-state index contributed by atoms with van der Waals surface area (Å²) in [6.45, 7) is 0.288. The number of hydrogen-bond donors (Lipinski definition) is 1. The number of rotatable bonds is 4. The van der Waals surface area contributed by atoms with Crippen molar-refractivity contribution in [3.63, 3.8) is 0 Å². The minimum atomic E-state index is -3.75. The minimum absolute atomic E-state index is 0.226. The Hall–Kier alpha value is -1.40. The first-order valence-corrected chi connectivity index (χ1v) is 11.7. The van der Waals surface area contributed by atoms with Crippen LogP contribution < -0.4 is 0 Å². The summed E-state index contributed by atoms with van der Waals surface area (Å²) in [5, 5.41) is 9.33. The van der Waals surface area contributed by atoms with Crippen molar-refractivity contribution >= 4 is 16.0 Å². The predicted octanol–water partition coefficient (Wildman–Crippen LogP) is 3.39. The van der Waals surface area contributed by atoms with Gasteiger partial charge >= 0.3 is 5.97 Å². The van der Waals surface area contributed by atoms with E-state index in [0.29, 0.717) is 12.8 Å². The fraction of sp³-hybridized carbons (Fsp3) is 0.667. The predicted molar refractivity (Wildman–Crippen MR) is 101 cm³/mol. The summed E-state index contributed by atoms with van der Waals surface area (Å²) < 4.78 is 27.1. The van der Waals surface area contributed by atoms with Crippen LogP contribution in [0.3, 0.4) is 0 Å². The molecule has 6 rings (SSSR count). The van der Waals surface area contributed by atoms with Crippen LogP contribution in [-0.2, 0) is 20.2 Å². The zero-order chi connectivity index (χ0) is 18.8. The average Bonchev–Trinajstić information content (AvgIpc) is 3.12. The molecule has 4 bridgehead atoms. The van der Waals surface area contributed by atoms with E-state index >= 15 is 0 Å². The normalized spacial score (nSPS) is 38.4. The molecule has 146 valence electrons. The molecule has 5 fully saturated rings. The molecule has 5 aliphatic rings. The van der Waals surface area contributed by atoms with Crippen LogP contribution in [0.25, 0.3) is 0 Å². The molecular weight excluding hydrogens is 362 g/mol. The third kappa shape index (κ3) is 2.75. The fourth-order valence-electron chi connectivity index (χ4n) is 6.85. The number of carbonyl (C=O) groups is 1. The highest BCUT2D eigenvalue weighted by atomic mass is 32.2. The Morgan fingerprint density at radius 1 is 1.00 bits per heavy atom. The lowest BCUT2D eigenvalue weighted by Gasteiger charge is -2.57. The molecule has 0 spiro atoms. The van der Waals surface area contributed by atoms with Gasteiger partial charge < -0.3 is 5.11 Å². The van der Waals surface area contributed by atoms with Gasteiger partial charge in [-0.3, -0.25) is 4.79 Å². The molecule has 27 heavy (non-hydrogen) atoms. The van der Waals surface area contributed by atoms with Crippen LogP contribution in [0.15, 0.2) is 29.2 Å². The van der Waals surface area contributed by atoms with E-state index in [1.165, 1.54) is 44.1 Å². The van der Waals surface area contributed by atoms with Crippen molar-refractivity contribution in [1.29, 1.82) is 0 Å². The van der Waals surface area contributed by atoms with E-state index in [-0.39, 0.29) is 16.9 Å². The second-order valence-electron chi connectivity index (χ2n) is 9.33. The second-order valence-corrected chi connectivity index (χ2v) is 11.2. The van der Waals surface area contributed by atoms with Gasteiger partial charge in [0.1, 0.15) is 6.04 Å². The summed E-state index contributed by atoms with van der Waals surface area (Å²) in [6, 6.07) is 6.50. The van der Waals surface area contributed by atoms with Crippen molar-refractivity contribution in [3.8, 4) is 0 Å². The molecule has 0 radical (unpaired) electrons. The van der Waals surface area contributed by atoms with Crippen molar-refractivity contribution in [2.45, 2.75) is 67.7 Å². The summed E-state index contributed by atoms with van der Waals surface area (Å²) in [4.78, 5) is 11.6. The summed E-state index contributed by atoms with van der Waals surface area (Å²) in [5.74, 6) is 1.49. The molecule has 1 heterocycles. The number of carboxylic acids is 1. The van der Waals surface area contributed by atoms with Gasteiger partial charge in [0.05, 0.1) is 4.90 Å². The molecular formula is C21H27NO4S. The van der Waals surface area contributed by atoms with Crippen molar-refractivity contribution in [1.82, 2.24) is 4.31 Å². The highest BCUT2D eigenvalue weighted by molar-refractivity contribution is 7.89. The van der Waals surface area contributed by atoms with Gasteiger partial charge in [0.2, 0.25) is 10.0 Å². The van der Waals surface area contributed by atoms with E-state index < -0.39 is 22.0 Å². The van der Waals surface area contributed by atoms with Crippen LogP contribution in [0.1, 0.15) is 56.9 Å². The number of nitrogens with zero attached hydrogens (tertiary/aromatic N) is 1. The van der Waals surface area contributed by atoms with Crippen LogP contribution in [0.4, 0.5) is 0 Å². The fourth-order valence-corrected chi connectivity index (χ4v) is 8.51. The zero-order valence-electron chi connectivity index (χ0n) is 15.5. The van der Waals surface area contributed by atoms with Gasteiger partial charge in [0.15, 0.2) is 0 Å². The summed E-state index contributed by atoms with van der Waals surface area (Å²) in [7, 11) is -3.75. The smallest absolute Gasteiger partial charge is 0.322 e. The van der Waals surface area contributed by atoms with Crippen LogP contribution in [0.5, 0.6) is 0 Å². The van der Waals surface area contributed by atoms with Gasteiger partial charge in [-0.15, -0.1) is 0 Å². The van der Waals surface area contributed by atoms with Gasteiger partial charge in [-0.2, -0.15) is 4.31 Å². The molecule has 0 amide bonds. The highest BCUT2D eigenvalue weighted by Gasteiger charge is 2.51. The Morgan fingerprint density at radius 2 is 1.56 bits per heavy atom. The van der Waals surface area contributed by atoms with Crippen LogP contribution >= 0.6 is 0 Å². The van der Waals surface area contributed by atoms with Crippen molar-refractivity contribution in [2.24, 2.45) is 17.8 Å². The molecule has 4 saturated carbocycles. The first-order valence-electron chi connectivity index (χ1n) is 10.2. The van der Waals surface area contributed by atoms with Gasteiger partial charge in [-0.1, -0.05) is 12.1 Å². The van der Waals surface area contributed by atoms with Crippen molar-refractivity contribution in [2.75, 3.05) is 6.54 Å². The summed E-state index contributed by atoms with van der Waals surface area (Å²) in [5.41, 5.74) is 1.53. The summed E-state index contributed by atoms with van der Waals surface area (Å²) >= 11 is 0. The molecule has 1 saturated heterocycles. The molecule has 5 nitrogen and oxygen atoms in total. The SMILES string of the molecule is O=C(O)[C@@H]1CCCN1S(=O)(=O)c1ccc(C23CC4CC(CC(C4)C2)C3)cc1. The number of hydrogen-bond acceptors (Lipinski definition) is 3. The third-order valence-corrected chi connectivity index (χ3v) is 9.52. The number of carboxylic acid groups (broad SMARTS) is 1. The summed E-state index contributed by atoms with van der Waals surface area (Å²) in [6.07, 6.45) is 8.89. The molecule has 0 aromatic heterocycles. The van der Waals surface area contributed by atoms with E-state index in [4.69, 9.17) is 0 Å². The molecule has 4 aliphatic carbocycles. The van der Waals surface area contributed by atoms with Crippen LogP contribution in [0.2, 0.25) is 0 Å².